The Morgan fingerprint density at radius 2 is 1.66 bits per heavy atom. The second-order valence-electron chi connectivity index (χ2n) is 7.56. The summed E-state index contributed by atoms with van der Waals surface area (Å²) in [4.78, 5) is 16.3. The van der Waals surface area contributed by atoms with E-state index in [4.69, 9.17) is 10.2 Å². The molecule has 0 aliphatic carbocycles. The Morgan fingerprint density at radius 1 is 0.969 bits per heavy atom. The highest BCUT2D eigenvalue weighted by molar-refractivity contribution is 5.91. The molecule has 0 spiro atoms. The van der Waals surface area contributed by atoms with Crippen LogP contribution in [0.25, 0.3) is 28.7 Å². The molecule has 1 heterocycles. The third kappa shape index (κ3) is 4.85. The van der Waals surface area contributed by atoms with Crippen LogP contribution in [0, 0.1) is 6.92 Å². The third-order valence-electron chi connectivity index (χ3n) is 5.34. The molecule has 0 aliphatic heterocycles. The molecule has 5 heteroatoms. The van der Waals surface area contributed by atoms with Crippen molar-refractivity contribution in [2.24, 2.45) is 0 Å². The van der Waals surface area contributed by atoms with Gasteiger partial charge in [-0.3, -0.25) is 10.0 Å². The van der Waals surface area contributed by atoms with Gasteiger partial charge in [-0.15, -0.1) is 0 Å². The molecule has 2 N–H and O–H groups in total. The Hall–Kier alpha value is -3.96. The van der Waals surface area contributed by atoms with Crippen LogP contribution in [0.2, 0.25) is 0 Å². The first-order valence-electron chi connectivity index (χ1n) is 10.5. The summed E-state index contributed by atoms with van der Waals surface area (Å²) in [5.74, 6) is 0.320. The number of carbonyl (C=O) groups is 1. The number of imidazole rings is 1. The van der Waals surface area contributed by atoms with Crippen LogP contribution in [-0.4, -0.2) is 20.7 Å². The van der Waals surface area contributed by atoms with Gasteiger partial charge in [-0.05, 0) is 36.6 Å². The predicted molar refractivity (Wildman–Crippen MR) is 127 cm³/mol. The molecular formula is C27H25N3O2. The number of benzene rings is 3. The SMILES string of the molecule is Cc1nc(-c2cccc(C=CC(=O)NO)c2)n(CCc2ccccc2)c1-c1ccccc1. The quantitative estimate of drug-likeness (QED) is 0.241. The van der Waals surface area contributed by atoms with E-state index in [1.54, 1.807) is 11.6 Å². The Balaban J connectivity index is 1.76. The topological polar surface area (TPSA) is 67.2 Å². The van der Waals surface area contributed by atoms with Gasteiger partial charge in [0.15, 0.2) is 0 Å². The first kappa shape index (κ1) is 21.3. The Labute approximate surface area is 187 Å². The minimum Gasteiger partial charge on any atom is -0.323 e. The number of amides is 1. The summed E-state index contributed by atoms with van der Waals surface area (Å²) >= 11 is 0. The van der Waals surface area contributed by atoms with Crippen molar-refractivity contribution in [2.75, 3.05) is 0 Å². The first-order chi connectivity index (χ1) is 15.7. The van der Waals surface area contributed by atoms with E-state index in [1.807, 2.05) is 55.5 Å². The number of hydrogen-bond donors (Lipinski definition) is 2. The zero-order chi connectivity index (χ0) is 22.3. The van der Waals surface area contributed by atoms with E-state index in [2.05, 4.69) is 41.0 Å². The summed E-state index contributed by atoms with van der Waals surface area (Å²) < 4.78 is 2.28. The highest BCUT2D eigenvalue weighted by atomic mass is 16.5. The molecule has 5 nitrogen and oxygen atoms in total. The highest BCUT2D eigenvalue weighted by Crippen LogP contribution is 2.31. The summed E-state index contributed by atoms with van der Waals surface area (Å²) in [6.07, 6.45) is 3.85. The van der Waals surface area contributed by atoms with E-state index in [9.17, 15) is 4.79 Å². The lowest BCUT2D eigenvalue weighted by Gasteiger charge is -2.13. The van der Waals surface area contributed by atoms with Crippen LogP contribution in [0.15, 0.2) is 91.0 Å². The van der Waals surface area contributed by atoms with Crippen LogP contribution in [0.3, 0.4) is 0 Å². The van der Waals surface area contributed by atoms with Crippen LogP contribution in [0.1, 0.15) is 16.8 Å². The smallest absolute Gasteiger partial charge is 0.267 e. The highest BCUT2D eigenvalue weighted by Gasteiger charge is 2.17. The van der Waals surface area contributed by atoms with Gasteiger partial charge in [0.1, 0.15) is 5.82 Å². The third-order valence-corrected chi connectivity index (χ3v) is 5.34. The van der Waals surface area contributed by atoms with E-state index >= 15 is 0 Å². The number of carbonyl (C=O) groups excluding carboxylic acids is 1. The maximum atomic E-state index is 11.4. The monoisotopic (exact) mass is 423 g/mol. The number of hydroxylamine groups is 1. The number of nitrogens with zero attached hydrogens (tertiary/aromatic N) is 2. The summed E-state index contributed by atoms with van der Waals surface area (Å²) in [6, 6.07) is 28.6. The molecule has 0 aliphatic rings. The molecule has 0 unspecified atom stereocenters. The van der Waals surface area contributed by atoms with Crippen molar-refractivity contribution in [3.05, 3.63) is 108 Å². The fraction of sp³-hybridized carbons (Fsp3) is 0.111. The van der Waals surface area contributed by atoms with E-state index in [0.29, 0.717) is 0 Å². The van der Waals surface area contributed by atoms with Gasteiger partial charge in [-0.1, -0.05) is 78.9 Å². The fourth-order valence-corrected chi connectivity index (χ4v) is 3.85. The average molecular weight is 424 g/mol. The standard InChI is InChI=1S/C27H25N3O2/c1-20-26(23-12-6-3-7-13-23)30(18-17-21-9-4-2-5-10-21)27(28-20)24-14-8-11-22(19-24)15-16-25(31)29-32/h2-16,19,32H,17-18H2,1H3,(H,29,31). The molecule has 1 amide bonds. The Bertz CT molecular complexity index is 1230. The van der Waals surface area contributed by atoms with Gasteiger partial charge >= 0.3 is 0 Å². The second kappa shape index (κ2) is 9.90. The molecule has 4 aromatic rings. The molecular weight excluding hydrogens is 398 g/mol. The molecule has 4 rings (SSSR count). The van der Waals surface area contributed by atoms with Gasteiger partial charge in [0.2, 0.25) is 0 Å². The number of aryl methyl sites for hydroxylation is 2. The number of hydrogen-bond acceptors (Lipinski definition) is 3. The fourth-order valence-electron chi connectivity index (χ4n) is 3.85. The van der Waals surface area contributed by atoms with Crippen molar-refractivity contribution in [1.29, 1.82) is 0 Å². The largest absolute Gasteiger partial charge is 0.323 e. The lowest BCUT2D eigenvalue weighted by molar-refractivity contribution is -0.124. The van der Waals surface area contributed by atoms with Gasteiger partial charge in [0.05, 0.1) is 11.4 Å². The number of aromatic nitrogens is 2. The zero-order valence-electron chi connectivity index (χ0n) is 17.9. The molecule has 0 atom stereocenters. The molecule has 0 fully saturated rings. The van der Waals surface area contributed by atoms with E-state index in [1.165, 1.54) is 11.6 Å². The maximum Gasteiger partial charge on any atom is 0.267 e. The first-order valence-corrected chi connectivity index (χ1v) is 10.5. The van der Waals surface area contributed by atoms with E-state index < -0.39 is 5.91 Å². The van der Waals surface area contributed by atoms with Crippen molar-refractivity contribution in [3.63, 3.8) is 0 Å². The number of rotatable bonds is 7. The summed E-state index contributed by atoms with van der Waals surface area (Å²) in [5, 5.41) is 8.71. The summed E-state index contributed by atoms with van der Waals surface area (Å²) in [5.41, 5.74) is 7.91. The van der Waals surface area contributed by atoms with Crippen LogP contribution in [0.4, 0.5) is 0 Å². The lowest BCUT2D eigenvalue weighted by Crippen LogP contribution is -2.14. The molecule has 0 saturated carbocycles. The summed E-state index contributed by atoms with van der Waals surface area (Å²) in [7, 11) is 0. The number of nitrogens with one attached hydrogen (secondary N) is 1. The van der Waals surface area contributed by atoms with Crippen LogP contribution >= 0.6 is 0 Å². The van der Waals surface area contributed by atoms with Crippen molar-refractivity contribution in [1.82, 2.24) is 15.0 Å². The normalized spacial score (nSPS) is 11.1. The van der Waals surface area contributed by atoms with Gasteiger partial charge < -0.3 is 4.57 Å². The van der Waals surface area contributed by atoms with Crippen molar-refractivity contribution < 1.29 is 10.0 Å². The molecule has 1 aromatic heterocycles. The molecule has 0 saturated heterocycles. The van der Waals surface area contributed by atoms with Gasteiger partial charge in [0, 0.05) is 23.7 Å². The molecule has 3 aromatic carbocycles. The lowest BCUT2D eigenvalue weighted by atomic mass is 10.1. The minimum atomic E-state index is -0.568. The maximum absolute atomic E-state index is 11.4. The molecule has 0 bridgehead atoms. The zero-order valence-corrected chi connectivity index (χ0v) is 17.9. The van der Waals surface area contributed by atoms with Crippen molar-refractivity contribution in [3.8, 4) is 22.6 Å². The molecule has 160 valence electrons. The van der Waals surface area contributed by atoms with E-state index in [-0.39, 0.29) is 0 Å². The van der Waals surface area contributed by atoms with Crippen LogP contribution in [-0.2, 0) is 17.8 Å². The van der Waals surface area contributed by atoms with Gasteiger partial charge in [-0.2, -0.15) is 0 Å². The van der Waals surface area contributed by atoms with E-state index in [0.717, 1.165) is 46.9 Å². The van der Waals surface area contributed by atoms with Crippen molar-refractivity contribution >= 4 is 12.0 Å². The van der Waals surface area contributed by atoms with Gasteiger partial charge in [0.25, 0.3) is 5.91 Å². The van der Waals surface area contributed by atoms with Gasteiger partial charge in [-0.25, -0.2) is 10.5 Å². The summed E-state index contributed by atoms with van der Waals surface area (Å²) in [6.45, 7) is 2.83. The Morgan fingerprint density at radius 3 is 2.38 bits per heavy atom. The van der Waals surface area contributed by atoms with Crippen LogP contribution < -0.4 is 5.48 Å². The molecule has 32 heavy (non-hydrogen) atoms. The molecule has 0 radical (unpaired) electrons. The van der Waals surface area contributed by atoms with Crippen molar-refractivity contribution in [2.45, 2.75) is 19.9 Å². The van der Waals surface area contributed by atoms with Crippen LogP contribution in [0.5, 0.6) is 0 Å². The second-order valence-corrected chi connectivity index (χ2v) is 7.56. The average Bonchev–Trinajstić information content (AvgIpc) is 3.18. The minimum absolute atomic E-state index is 0.568. The Kier molecular flexibility index (Phi) is 6.58. The predicted octanol–water partition coefficient (Wildman–Crippen LogP) is 5.29.